The van der Waals surface area contributed by atoms with Gasteiger partial charge in [0.1, 0.15) is 0 Å². The Hall–Kier alpha value is -1.76. The highest BCUT2D eigenvalue weighted by Gasteiger charge is 2.35. The Labute approximate surface area is 143 Å². The maximum atomic E-state index is 12.7. The first-order chi connectivity index (χ1) is 11.3. The van der Waals surface area contributed by atoms with Crippen molar-refractivity contribution < 1.29 is 22.7 Å². The number of benzene rings is 1. The van der Waals surface area contributed by atoms with Crippen LogP contribution in [0.1, 0.15) is 25.8 Å². The number of hydrogen-bond acceptors (Lipinski definition) is 5. The van der Waals surface area contributed by atoms with Crippen molar-refractivity contribution >= 4 is 15.7 Å². The number of methoxy groups -OCH3 is 1. The van der Waals surface area contributed by atoms with E-state index in [1.165, 1.54) is 0 Å². The van der Waals surface area contributed by atoms with Crippen molar-refractivity contribution in [2.24, 2.45) is 0 Å². The molecule has 1 aliphatic heterocycles. The maximum absolute atomic E-state index is 12.7. The molecule has 0 saturated carbocycles. The van der Waals surface area contributed by atoms with Gasteiger partial charge in [0.25, 0.3) is 5.91 Å². The number of amides is 1. The molecule has 0 spiro atoms. The minimum absolute atomic E-state index is 0.0349. The zero-order chi connectivity index (χ0) is 17.9. The van der Waals surface area contributed by atoms with Gasteiger partial charge in [0, 0.05) is 12.6 Å². The van der Waals surface area contributed by atoms with Crippen molar-refractivity contribution in [2.75, 3.05) is 25.2 Å². The van der Waals surface area contributed by atoms with Gasteiger partial charge in [-0.2, -0.15) is 0 Å². The normalized spacial score (nSPS) is 20.4. The Morgan fingerprint density at radius 3 is 2.62 bits per heavy atom. The predicted octanol–water partition coefficient (Wildman–Crippen LogP) is 1.81. The summed E-state index contributed by atoms with van der Waals surface area (Å²) in [5, 5.41) is 0. The van der Waals surface area contributed by atoms with Gasteiger partial charge >= 0.3 is 0 Å². The molecule has 2 unspecified atom stereocenters. The van der Waals surface area contributed by atoms with Crippen LogP contribution in [0.5, 0.6) is 11.5 Å². The molecule has 1 fully saturated rings. The smallest absolute Gasteiger partial charge is 0.263 e. The lowest BCUT2D eigenvalue weighted by atomic mass is 10.2. The van der Waals surface area contributed by atoms with Crippen molar-refractivity contribution in [2.45, 2.75) is 39.3 Å². The summed E-state index contributed by atoms with van der Waals surface area (Å²) < 4.78 is 34.4. The molecule has 1 aromatic rings. The minimum atomic E-state index is -3.04. The van der Waals surface area contributed by atoms with E-state index in [4.69, 9.17) is 9.47 Å². The summed E-state index contributed by atoms with van der Waals surface area (Å²) in [5.74, 6) is 1.04. The molecule has 1 aromatic carbocycles. The van der Waals surface area contributed by atoms with Crippen LogP contribution in [0, 0.1) is 6.92 Å². The Morgan fingerprint density at radius 2 is 2.08 bits per heavy atom. The Bertz CT molecular complexity index is 701. The van der Waals surface area contributed by atoms with Crippen LogP contribution in [-0.4, -0.2) is 56.5 Å². The molecule has 1 heterocycles. The third kappa shape index (κ3) is 4.20. The van der Waals surface area contributed by atoms with E-state index < -0.39 is 15.9 Å². The van der Waals surface area contributed by atoms with Gasteiger partial charge < -0.3 is 14.4 Å². The van der Waals surface area contributed by atoms with E-state index in [9.17, 15) is 13.2 Å². The fraction of sp³-hybridized carbons (Fsp3) is 0.588. The van der Waals surface area contributed by atoms with E-state index in [2.05, 4.69) is 0 Å². The zero-order valence-corrected chi connectivity index (χ0v) is 15.4. The first-order valence-electron chi connectivity index (χ1n) is 8.09. The Morgan fingerprint density at radius 1 is 1.38 bits per heavy atom. The lowest BCUT2D eigenvalue weighted by Crippen LogP contribution is -2.46. The van der Waals surface area contributed by atoms with Crippen LogP contribution in [0.2, 0.25) is 0 Å². The second-order valence-electron chi connectivity index (χ2n) is 6.10. The lowest BCUT2D eigenvalue weighted by molar-refractivity contribution is -0.139. The number of aryl methyl sites for hydroxylation is 1. The molecule has 0 radical (unpaired) electrons. The molecular weight excluding hydrogens is 330 g/mol. The quantitative estimate of drug-likeness (QED) is 0.778. The Balaban J connectivity index is 2.11. The number of carbonyl (C=O) groups is 1. The van der Waals surface area contributed by atoms with Crippen LogP contribution < -0.4 is 9.47 Å². The van der Waals surface area contributed by atoms with E-state index in [1.54, 1.807) is 25.0 Å². The van der Waals surface area contributed by atoms with Crippen molar-refractivity contribution in [3.8, 4) is 11.5 Å². The highest BCUT2D eigenvalue weighted by molar-refractivity contribution is 7.91. The molecule has 2 atom stereocenters. The summed E-state index contributed by atoms with van der Waals surface area (Å²) >= 11 is 0. The molecule has 1 saturated heterocycles. The van der Waals surface area contributed by atoms with Gasteiger partial charge in [0.15, 0.2) is 27.4 Å². The van der Waals surface area contributed by atoms with Gasteiger partial charge in [0.2, 0.25) is 0 Å². The lowest BCUT2D eigenvalue weighted by Gasteiger charge is -2.29. The molecule has 0 bridgehead atoms. The molecule has 134 valence electrons. The molecule has 2 rings (SSSR count). The topological polar surface area (TPSA) is 72.9 Å². The van der Waals surface area contributed by atoms with Crippen LogP contribution in [0.3, 0.4) is 0 Å². The van der Waals surface area contributed by atoms with Crippen molar-refractivity contribution in [1.29, 1.82) is 0 Å². The van der Waals surface area contributed by atoms with Crippen LogP contribution in [0.15, 0.2) is 18.2 Å². The average Bonchev–Trinajstić information content (AvgIpc) is 2.89. The third-order valence-corrected chi connectivity index (χ3v) is 5.99. The van der Waals surface area contributed by atoms with Crippen LogP contribution >= 0.6 is 0 Å². The summed E-state index contributed by atoms with van der Waals surface area (Å²) in [5.41, 5.74) is 1.03. The predicted molar refractivity (Wildman–Crippen MR) is 92.3 cm³/mol. The monoisotopic (exact) mass is 355 g/mol. The van der Waals surface area contributed by atoms with Gasteiger partial charge in [-0.1, -0.05) is 6.07 Å². The van der Waals surface area contributed by atoms with Gasteiger partial charge in [0.05, 0.1) is 18.6 Å². The fourth-order valence-corrected chi connectivity index (χ4v) is 4.69. The molecule has 24 heavy (non-hydrogen) atoms. The van der Waals surface area contributed by atoms with Gasteiger partial charge in [-0.15, -0.1) is 0 Å². The number of sulfone groups is 1. The van der Waals surface area contributed by atoms with Gasteiger partial charge in [-0.05, 0) is 44.9 Å². The van der Waals surface area contributed by atoms with Gasteiger partial charge in [-0.25, -0.2) is 8.42 Å². The van der Waals surface area contributed by atoms with E-state index in [-0.39, 0.29) is 23.5 Å². The summed E-state index contributed by atoms with van der Waals surface area (Å²) in [6, 6.07) is 5.23. The SMILES string of the molecule is CCN(C(=O)C(C)Oc1ccc(C)cc1OC)C1CCS(=O)(=O)C1. The van der Waals surface area contributed by atoms with Crippen molar-refractivity contribution in [3.05, 3.63) is 23.8 Å². The molecule has 0 aliphatic carbocycles. The number of rotatable bonds is 6. The van der Waals surface area contributed by atoms with Gasteiger partial charge in [-0.3, -0.25) is 4.79 Å². The summed E-state index contributed by atoms with van der Waals surface area (Å²) in [4.78, 5) is 14.3. The minimum Gasteiger partial charge on any atom is -0.493 e. The molecule has 1 amide bonds. The third-order valence-electron chi connectivity index (χ3n) is 4.24. The second-order valence-corrected chi connectivity index (χ2v) is 8.32. The molecule has 7 heteroatoms. The van der Waals surface area contributed by atoms with Crippen LogP contribution in [0.4, 0.5) is 0 Å². The van der Waals surface area contributed by atoms with E-state index in [1.807, 2.05) is 26.0 Å². The van der Waals surface area contributed by atoms with E-state index >= 15 is 0 Å². The standard InChI is InChI=1S/C17H25NO5S/c1-5-18(14-8-9-24(20,21)11-14)17(19)13(3)23-15-7-6-12(2)10-16(15)22-4/h6-7,10,13-14H,5,8-9,11H2,1-4H3. The maximum Gasteiger partial charge on any atom is 0.263 e. The number of ether oxygens (including phenoxy) is 2. The highest BCUT2D eigenvalue weighted by atomic mass is 32.2. The average molecular weight is 355 g/mol. The van der Waals surface area contributed by atoms with E-state index in [0.29, 0.717) is 24.5 Å². The first-order valence-corrected chi connectivity index (χ1v) is 9.91. The molecular formula is C17H25NO5S. The fourth-order valence-electron chi connectivity index (χ4n) is 2.96. The highest BCUT2D eigenvalue weighted by Crippen LogP contribution is 2.29. The first kappa shape index (κ1) is 18.6. The number of nitrogens with zero attached hydrogens (tertiary/aromatic N) is 1. The van der Waals surface area contributed by atoms with Crippen molar-refractivity contribution in [3.63, 3.8) is 0 Å². The van der Waals surface area contributed by atoms with E-state index in [0.717, 1.165) is 5.56 Å². The Kier molecular flexibility index (Phi) is 5.74. The molecule has 1 aliphatic rings. The molecule has 0 N–H and O–H groups in total. The molecule has 0 aromatic heterocycles. The zero-order valence-electron chi connectivity index (χ0n) is 14.6. The summed E-state index contributed by atoms with van der Waals surface area (Å²) in [7, 11) is -1.49. The summed E-state index contributed by atoms with van der Waals surface area (Å²) in [6.45, 7) is 5.92. The number of hydrogen-bond donors (Lipinski definition) is 0. The second kappa shape index (κ2) is 7.42. The molecule has 6 nitrogen and oxygen atoms in total. The van der Waals surface area contributed by atoms with Crippen LogP contribution in [-0.2, 0) is 14.6 Å². The van der Waals surface area contributed by atoms with Crippen LogP contribution in [0.25, 0.3) is 0 Å². The largest absolute Gasteiger partial charge is 0.493 e. The number of likely N-dealkylation sites (N-methyl/N-ethyl adjacent to an activating group) is 1. The van der Waals surface area contributed by atoms with Crippen molar-refractivity contribution in [1.82, 2.24) is 4.90 Å². The number of carbonyl (C=O) groups excluding carboxylic acids is 1. The summed E-state index contributed by atoms with van der Waals surface area (Å²) in [6.07, 6.45) is -0.229.